The van der Waals surface area contributed by atoms with Gasteiger partial charge in [0, 0.05) is 28.9 Å². The van der Waals surface area contributed by atoms with Crippen molar-refractivity contribution in [1.82, 2.24) is 0 Å². The van der Waals surface area contributed by atoms with Crippen LogP contribution in [-0.4, -0.2) is 22.5 Å². The first-order chi connectivity index (χ1) is 14.3. The predicted octanol–water partition coefficient (Wildman–Crippen LogP) is 5.33. The van der Waals surface area contributed by atoms with Crippen LogP contribution in [0.15, 0.2) is 47.4 Å². The number of benzene rings is 2. The molecule has 2 N–H and O–H groups in total. The van der Waals surface area contributed by atoms with Crippen LogP contribution in [0.25, 0.3) is 0 Å². The highest BCUT2D eigenvalue weighted by molar-refractivity contribution is 7.99. The number of carbonyl (C=O) groups excluding carboxylic acids is 2. The van der Waals surface area contributed by atoms with Gasteiger partial charge in [-0.05, 0) is 61.3 Å². The summed E-state index contributed by atoms with van der Waals surface area (Å²) in [7, 11) is 0. The van der Waals surface area contributed by atoms with Gasteiger partial charge >= 0.3 is 0 Å². The van der Waals surface area contributed by atoms with Crippen molar-refractivity contribution in [3.05, 3.63) is 58.1 Å². The van der Waals surface area contributed by atoms with Crippen LogP contribution in [0.1, 0.15) is 43.5 Å². The molecule has 0 atom stereocenters. The van der Waals surface area contributed by atoms with Crippen LogP contribution < -0.4 is 10.6 Å². The number of hydrogen-bond acceptors (Lipinski definition) is 5. The summed E-state index contributed by atoms with van der Waals surface area (Å²) in [5, 5.41) is 17.1. The number of rotatable bonds is 9. The van der Waals surface area contributed by atoms with E-state index in [4.69, 9.17) is 0 Å². The van der Waals surface area contributed by atoms with E-state index in [0.717, 1.165) is 25.0 Å². The summed E-state index contributed by atoms with van der Waals surface area (Å²) >= 11 is 1.43. The number of anilines is 2. The van der Waals surface area contributed by atoms with E-state index in [1.165, 1.54) is 17.8 Å². The summed E-state index contributed by atoms with van der Waals surface area (Å²) in [6.07, 6.45) is 2.78. The second kappa shape index (κ2) is 9.75. The fourth-order valence-corrected chi connectivity index (χ4v) is 4.05. The molecule has 30 heavy (non-hydrogen) atoms. The molecule has 0 aliphatic heterocycles. The van der Waals surface area contributed by atoms with Gasteiger partial charge in [0.1, 0.15) is 0 Å². The van der Waals surface area contributed by atoms with Crippen molar-refractivity contribution in [1.29, 1.82) is 0 Å². The third-order valence-corrected chi connectivity index (χ3v) is 5.80. The first-order valence-electron chi connectivity index (χ1n) is 9.97. The molecule has 1 fully saturated rings. The molecule has 8 heteroatoms. The summed E-state index contributed by atoms with van der Waals surface area (Å²) < 4.78 is 0. The Morgan fingerprint density at radius 1 is 1.13 bits per heavy atom. The number of hydrogen-bond donors (Lipinski definition) is 2. The van der Waals surface area contributed by atoms with E-state index >= 15 is 0 Å². The lowest BCUT2D eigenvalue weighted by atomic mass is 10.1. The van der Waals surface area contributed by atoms with Crippen molar-refractivity contribution in [3.8, 4) is 0 Å². The Balaban J connectivity index is 1.69. The van der Waals surface area contributed by atoms with Crippen molar-refractivity contribution in [3.63, 3.8) is 0 Å². The molecule has 1 saturated carbocycles. The maximum atomic E-state index is 12.6. The third-order valence-electron chi connectivity index (χ3n) is 4.71. The summed E-state index contributed by atoms with van der Waals surface area (Å²) in [6.45, 7) is 4.21. The van der Waals surface area contributed by atoms with Crippen LogP contribution in [-0.2, 0) is 4.79 Å². The summed E-state index contributed by atoms with van der Waals surface area (Å²) in [6, 6.07) is 11.4. The molecule has 2 amide bonds. The molecule has 0 heterocycles. The van der Waals surface area contributed by atoms with E-state index in [0.29, 0.717) is 22.2 Å². The van der Waals surface area contributed by atoms with Gasteiger partial charge < -0.3 is 10.6 Å². The molecule has 3 rings (SSSR count). The summed E-state index contributed by atoms with van der Waals surface area (Å²) in [5.41, 5.74) is 1.25. The lowest BCUT2D eigenvalue weighted by molar-refractivity contribution is -0.387. The first-order valence-corrected chi connectivity index (χ1v) is 11.0. The normalized spacial score (nSPS) is 13.2. The monoisotopic (exact) mass is 427 g/mol. The number of thioether (sulfide) groups is 1. The highest BCUT2D eigenvalue weighted by Gasteiger charge is 2.29. The molecule has 0 saturated heterocycles. The van der Waals surface area contributed by atoms with Gasteiger partial charge in [-0.25, -0.2) is 0 Å². The minimum absolute atomic E-state index is 0.0142. The number of nitrogens with one attached hydrogen (secondary N) is 2. The highest BCUT2D eigenvalue weighted by atomic mass is 32.2. The van der Waals surface area contributed by atoms with Crippen molar-refractivity contribution >= 4 is 40.6 Å². The third kappa shape index (κ3) is 6.06. The number of nitro groups is 1. The molecule has 1 aliphatic rings. The zero-order chi connectivity index (χ0) is 21.7. The zero-order valence-corrected chi connectivity index (χ0v) is 17.8. The van der Waals surface area contributed by atoms with Gasteiger partial charge in [0.2, 0.25) is 5.91 Å². The summed E-state index contributed by atoms with van der Waals surface area (Å²) in [5.74, 6) is 0.929. The van der Waals surface area contributed by atoms with E-state index in [1.54, 1.807) is 36.4 Å². The number of amides is 2. The van der Waals surface area contributed by atoms with Gasteiger partial charge in [-0.3, -0.25) is 19.7 Å². The second-order valence-electron chi connectivity index (χ2n) is 7.77. The van der Waals surface area contributed by atoms with Gasteiger partial charge in [-0.15, -0.1) is 11.8 Å². The molecule has 0 unspecified atom stereocenters. The van der Waals surface area contributed by atoms with Crippen molar-refractivity contribution in [2.75, 3.05) is 16.4 Å². The van der Waals surface area contributed by atoms with Crippen LogP contribution in [0, 0.1) is 22.0 Å². The van der Waals surface area contributed by atoms with Gasteiger partial charge in [0.25, 0.3) is 11.6 Å². The number of nitrogens with zero attached hydrogens (tertiary/aromatic N) is 1. The maximum absolute atomic E-state index is 12.6. The van der Waals surface area contributed by atoms with Crippen LogP contribution in [0.3, 0.4) is 0 Å². The molecule has 0 radical (unpaired) electrons. The molecule has 158 valence electrons. The van der Waals surface area contributed by atoms with Crippen LogP contribution in [0.2, 0.25) is 0 Å². The topological polar surface area (TPSA) is 101 Å². The van der Waals surface area contributed by atoms with Crippen molar-refractivity contribution in [2.24, 2.45) is 11.8 Å². The van der Waals surface area contributed by atoms with E-state index in [2.05, 4.69) is 24.5 Å². The van der Waals surface area contributed by atoms with E-state index in [1.807, 2.05) is 0 Å². The van der Waals surface area contributed by atoms with Gasteiger partial charge in [-0.1, -0.05) is 19.9 Å². The SMILES string of the molecule is CC(C)CCSc1ccc(C(=O)Nc2cccc(NC(=O)C3CC3)c2)cc1[N+](=O)[O-]. The average molecular weight is 428 g/mol. The Morgan fingerprint density at radius 2 is 1.83 bits per heavy atom. The Bertz CT molecular complexity index is 957. The average Bonchev–Trinajstić information content (AvgIpc) is 3.53. The predicted molar refractivity (Wildman–Crippen MR) is 119 cm³/mol. The molecular formula is C22H25N3O4S. The molecule has 7 nitrogen and oxygen atoms in total. The Hall–Kier alpha value is -2.87. The fourth-order valence-electron chi connectivity index (χ4n) is 2.80. The lowest BCUT2D eigenvalue weighted by Crippen LogP contribution is -2.15. The van der Waals surface area contributed by atoms with E-state index in [-0.39, 0.29) is 23.1 Å². The molecule has 2 aromatic carbocycles. The second-order valence-corrected chi connectivity index (χ2v) is 8.91. The molecule has 2 aromatic rings. The number of carbonyl (C=O) groups is 2. The molecule has 0 aromatic heterocycles. The van der Waals surface area contributed by atoms with Crippen LogP contribution in [0.4, 0.5) is 17.1 Å². The minimum atomic E-state index is -0.456. The van der Waals surface area contributed by atoms with Crippen molar-refractivity contribution in [2.45, 2.75) is 38.0 Å². The molecule has 0 bridgehead atoms. The molecular weight excluding hydrogens is 402 g/mol. The number of nitro benzene ring substituents is 1. The van der Waals surface area contributed by atoms with Crippen LogP contribution in [0.5, 0.6) is 0 Å². The van der Waals surface area contributed by atoms with Gasteiger partial charge in [0.05, 0.1) is 9.82 Å². The highest BCUT2D eigenvalue weighted by Crippen LogP contribution is 2.32. The zero-order valence-electron chi connectivity index (χ0n) is 17.0. The largest absolute Gasteiger partial charge is 0.326 e. The molecule has 1 aliphatic carbocycles. The smallest absolute Gasteiger partial charge is 0.283 e. The van der Waals surface area contributed by atoms with Gasteiger partial charge in [0.15, 0.2) is 0 Å². The van der Waals surface area contributed by atoms with Crippen LogP contribution >= 0.6 is 11.8 Å². The minimum Gasteiger partial charge on any atom is -0.326 e. The van der Waals surface area contributed by atoms with Crippen molar-refractivity contribution < 1.29 is 14.5 Å². The maximum Gasteiger partial charge on any atom is 0.283 e. The molecule has 0 spiro atoms. The van der Waals surface area contributed by atoms with E-state index in [9.17, 15) is 19.7 Å². The summed E-state index contributed by atoms with van der Waals surface area (Å²) in [4.78, 5) is 36.1. The van der Waals surface area contributed by atoms with E-state index < -0.39 is 10.8 Å². The Kier molecular flexibility index (Phi) is 7.10. The first kappa shape index (κ1) is 21.8. The Morgan fingerprint density at radius 3 is 2.47 bits per heavy atom. The standard InChI is InChI=1S/C22H25N3O4S/c1-14(2)10-11-30-20-9-8-16(12-19(20)25(28)29)22(27)24-18-5-3-4-17(13-18)23-21(26)15-6-7-15/h3-5,8-9,12-15H,6-7,10-11H2,1-2H3,(H,23,26)(H,24,27). The van der Waals surface area contributed by atoms with Gasteiger partial charge in [-0.2, -0.15) is 0 Å². The quantitative estimate of drug-likeness (QED) is 0.320. The Labute approximate surface area is 179 Å². The fraction of sp³-hybridized carbons (Fsp3) is 0.364. The lowest BCUT2D eigenvalue weighted by Gasteiger charge is -2.10.